The number of hydrogen-bond acceptors (Lipinski definition) is 2. The lowest BCUT2D eigenvalue weighted by atomic mass is 10.1. The van der Waals surface area contributed by atoms with Crippen molar-refractivity contribution in [3.8, 4) is 11.5 Å². The molecule has 2 aromatic carbocycles. The first-order chi connectivity index (χ1) is 9.10. The van der Waals surface area contributed by atoms with Crippen molar-refractivity contribution in [2.45, 2.75) is 26.3 Å². The monoisotopic (exact) mass is 275 g/mol. The van der Waals surface area contributed by atoms with Crippen LogP contribution >= 0.6 is 11.6 Å². The molecule has 0 aliphatic rings. The van der Waals surface area contributed by atoms with E-state index in [1.807, 2.05) is 49.4 Å². The summed E-state index contributed by atoms with van der Waals surface area (Å²) < 4.78 is 5.83. The molecule has 0 bridgehead atoms. The lowest BCUT2D eigenvalue weighted by molar-refractivity contribution is 0.478. The number of halogens is 1. The van der Waals surface area contributed by atoms with Gasteiger partial charge in [0.2, 0.25) is 0 Å². The van der Waals surface area contributed by atoms with Crippen LogP contribution in [0.2, 0.25) is 5.02 Å². The van der Waals surface area contributed by atoms with Gasteiger partial charge in [0.05, 0.1) is 0 Å². The van der Waals surface area contributed by atoms with Gasteiger partial charge in [0.15, 0.2) is 0 Å². The summed E-state index contributed by atoms with van der Waals surface area (Å²) in [4.78, 5) is 0. The minimum Gasteiger partial charge on any atom is -0.457 e. The van der Waals surface area contributed by atoms with E-state index in [4.69, 9.17) is 22.1 Å². The average Bonchev–Trinajstić information content (AvgIpc) is 2.42. The van der Waals surface area contributed by atoms with Crippen molar-refractivity contribution >= 4 is 11.6 Å². The Bertz CT molecular complexity index is 551. The van der Waals surface area contributed by atoms with Crippen LogP contribution in [0.3, 0.4) is 0 Å². The first-order valence-corrected chi connectivity index (χ1v) is 6.77. The highest BCUT2D eigenvalue weighted by Crippen LogP contribution is 2.28. The fraction of sp³-hybridized carbons (Fsp3) is 0.250. The fourth-order valence-electron chi connectivity index (χ4n) is 1.87. The number of aryl methyl sites for hydroxylation is 1. The van der Waals surface area contributed by atoms with Crippen LogP contribution in [0.4, 0.5) is 0 Å². The van der Waals surface area contributed by atoms with Crippen LogP contribution in [0.5, 0.6) is 11.5 Å². The summed E-state index contributed by atoms with van der Waals surface area (Å²) in [6.07, 6.45) is 0.927. The average molecular weight is 276 g/mol. The van der Waals surface area contributed by atoms with E-state index in [-0.39, 0.29) is 6.04 Å². The van der Waals surface area contributed by atoms with E-state index >= 15 is 0 Å². The summed E-state index contributed by atoms with van der Waals surface area (Å²) in [6.45, 7) is 4.05. The van der Waals surface area contributed by atoms with Crippen molar-refractivity contribution in [3.05, 3.63) is 58.6 Å². The van der Waals surface area contributed by atoms with E-state index in [2.05, 4.69) is 6.92 Å². The van der Waals surface area contributed by atoms with Gasteiger partial charge in [-0.15, -0.1) is 0 Å². The Balaban J connectivity index is 2.15. The molecule has 0 saturated heterocycles. The molecule has 100 valence electrons. The molecule has 3 heteroatoms. The first kappa shape index (κ1) is 13.9. The van der Waals surface area contributed by atoms with E-state index in [0.29, 0.717) is 5.02 Å². The molecule has 2 N–H and O–H groups in total. The Labute approximate surface area is 119 Å². The molecule has 0 amide bonds. The molecule has 0 aliphatic heterocycles. The third-order valence-corrected chi connectivity index (χ3v) is 3.35. The largest absolute Gasteiger partial charge is 0.457 e. The predicted octanol–water partition coefficient (Wildman–Crippen LogP) is 4.85. The van der Waals surface area contributed by atoms with E-state index in [9.17, 15) is 0 Å². The van der Waals surface area contributed by atoms with Gasteiger partial charge in [-0.3, -0.25) is 0 Å². The molecule has 0 fully saturated rings. The van der Waals surface area contributed by atoms with E-state index in [0.717, 1.165) is 29.0 Å². The molecule has 1 atom stereocenters. The second kappa shape index (κ2) is 6.09. The molecule has 0 aromatic heterocycles. The zero-order valence-corrected chi connectivity index (χ0v) is 11.9. The molecule has 0 heterocycles. The molecule has 2 nitrogen and oxygen atoms in total. The maximum absolute atomic E-state index is 5.98. The maximum Gasteiger partial charge on any atom is 0.130 e. The van der Waals surface area contributed by atoms with Gasteiger partial charge >= 0.3 is 0 Å². The predicted molar refractivity (Wildman–Crippen MR) is 79.9 cm³/mol. The number of hydrogen-bond donors (Lipinski definition) is 1. The normalized spacial score (nSPS) is 12.2. The van der Waals surface area contributed by atoms with Crippen LogP contribution < -0.4 is 10.5 Å². The Hall–Kier alpha value is -1.51. The second-order valence-electron chi connectivity index (χ2n) is 4.60. The molecular weight excluding hydrogens is 258 g/mol. The van der Waals surface area contributed by atoms with Gasteiger partial charge in [0.25, 0.3) is 0 Å². The topological polar surface area (TPSA) is 35.2 Å². The standard InChI is InChI=1S/C16H18ClNO/c1-3-15(18)12-4-7-14(8-5-12)19-16-9-6-13(17)10-11(16)2/h4-10,15H,3,18H2,1-2H3. The molecule has 0 radical (unpaired) electrons. The van der Waals surface area contributed by atoms with Crippen LogP contribution in [-0.4, -0.2) is 0 Å². The van der Waals surface area contributed by atoms with Gasteiger partial charge in [0, 0.05) is 11.1 Å². The molecule has 0 spiro atoms. The van der Waals surface area contributed by atoms with E-state index in [1.165, 1.54) is 0 Å². The van der Waals surface area contributed by atoms with Gasteiger partial charge in [-0.2, -0.15) is 0 Å². The highest BCUT2D eigenvalue weighted by atomic mass is 35.5. The van der Waals surface area contributed by atoms with Crippen LogP contribution in [0.1, 0.15) is 30.5 Å². The molecule has 2 aromatic rings. The van der Waals surface area contributed by atoms with E-state index < -0.39 is 0 Å². The summed E-state index contributed by atoms with van der Waals surface area (Å²) in [5.41, 5.74) is 8.13. The Morgan fingerprint density at radius 2 is 1.84 bits per heavy atom. The minimum absolute atomic E-state index is 0.0892. The van der Waals surface area contributed by atoms with Crippen molar-refractivity contribution in [2.24, 2.45) is 5.73 Å². The molecule has 1 unspecified atom stereocenters. The third kappa shape index (κ3) is 3.49. The number of benzene rings is 2. The third-order valence-electron chi connectivity index (χ3n) is 3.11. The van der Waals surface area contributed by atoms with Crippen molar-refractivity contribution < 1.29 is 4.74 Å². The lowest BCUT2D eigenvalue weighted by Crippen LogP contribution is -2.08. The van der Waals surface area contributed by atoms with Gasteiger partial charge in [-0.25, -0.2) is 0 Å². The lowest BCUT2D eigenvalue weighted by Gasteiger charge is -2.12. The highest BCUT2D eigenvalue weighted by molar-refractivity contribution is 6.30. The zero-order valence-electron chi connectivity index (χ0n) is 11.2. The van der Waals surface area contributed by atoms with Crippen molar-refractivity contribution in [1.82, 2.24) is 0 Å². The molecular formula is C16H18ClNO. The van der Waals surface area contributed by atoms with Crippen LogP contribution in [0.15, 0.2) is 42.5 Å². The SMILES string of the molecule is CCC(N)c1ccc(Oc2ccc(Cl)cc2C)cc1. The number of nitrogens with two attached hydrogens (primary N) is 1. The summed E-state index contributed by atoms with van der Waals surface area (Å²) in [5, 5.41) is 0.717. The van der Waals surface area contributed by atoms with Gasteiger partial charge < -0.3 is 10.5 Å². The Morgan fingerprint density at radius 1 is 1.16 bits per heavy atom. The maximum atomic E-state index is 5.98. The number of ether oxygens (including phenoxy) is 1. The second-order valence-corrected chi connectivity index (χ2v) is 5.03. The highest BCUT2D eigenvalue weighted by Gasteiger charge is 2.05. The Kier molecular flexibility index (Phi) is 4.46. The summed E-state index contributed by atoms with van der Waals surface area (Å²) in [7, 11) is 0. The summed E-state index contributed by atoms with van der Waals surface area (Å²) >= 11 is 5.92. The van der Waals surface area contributed by atoms with Crippen molar-refractivity contribution in [2.75, 3.05) is 0 Å². The fourth-order valence-corrected chi connectivity index (χ4v) is 2.10. The van der Waals surface area contributed by atoms with Gasteiger partial charge in [0.1, 0.15) is 11.5 Å². The number of rotatable bonds is 4. The van der Waals surface area contributed by atoms with Crippen LogP contribution in [-0.2, 0) is 0 Å². The van der Waals surface area contributed by atoms with Crippen LogP contribution in [0, 0.1) is 6.92 Å². The minimum atomic E-state index is 0.0892. The van der Waals surface area contributed by atoms with Gasteiger partial charge in [-0.05, 0) is 54.8 Å². The molecule has 2 rings (SSSR count). The van der Waals surface area contributed by atoms with Crippen molar-refractivity contribution in [3.63, 3.8) is 0 Å². The zero-order chi connectivity index (χ0) is 13.8. The smallest absolute Gasteiger partial charge is 0.130 e. The molecule has 19 heavy (non-hydrogen) atoms. The summed E-state index contributed by atoms with van der Waals surface area (Å²) in [6, 6.07) is 13.6. The Morgan fingerprint density at radius 3 is 2.42 bits per heavy atom. The van der Waals surface area contributed by atoms with Crippen LogP contribution in [0.25, 0.3) is 0 Å². The molecule has 0 saturated carbocycles. The summed E-state index contributed by atoms with van der Waals surface area (Å²) in [5.74, 6) is 1.62. The van der Waals surface area contributed by atoms with E-state index in [1.54, 1.807) is 0 Å². The first-order valence-electron chi connectivity index (χ1n) is 6.39. The quantitative estimate of drug-likeness (QED) is 0.866. The van der Waals surface area contributed by atoms with Gasteiger partial charge in [-0.1, -0.05) is 30.7 Å². The molecule has 0 aliphatic carbocycles. The van der Waals surface area contributed by atoms with Crippen molar-refractivity contribution in [1.29, 1.82) is 0 Å².